The SMILES string of the molecule is C[Si](C)(C)c1cccc(C(=N)N)c1[Si](C)(C)C. The monoisotopic (exact) mass is 264 g/mol. The summed E-state index contributed by atoms with van der Waals surface area (Å²) in [5, 5.41) is 10.6. The Bertz CT molecular complexity index is 440. The first-order valence-electron chi connectivity index (χ1n) is 6.03. The van der Waals surface area contributed by atoms with E-state index in [0.717, 1.165) is 5.56 Å². The number of nitrogen functional groups attached to an aromatic ring is 1. The first-order valence-corrected chi connectivity index (χ1v) is 13.0. The first-order chi connectivity index (χ1) is 7.55. The third-order valence-electron chi connectivity index (χ3n) is 2.91. The van der Waals surface area contributed by atoms with E-state index >= 15 is 0 Å². The average Bonchev–Trinajstić information content (AvgIpc) is 2.13. The zero-order valence-corrected chi connectivity index (χ0v) is 13.8. The van der Waals surface area contributed by atoms with Crippen molar-refractivity contribution in [3.8, 4) is 0 Å². The molecule has 2 nitrogen and oxygen atoms in total. The molecule has 0 unspecified atom stereocenters. The van der Waals surface area contributed by atoms with Crippen molar-refractivity contribution < 1.29 is 0 Å². The quantitative estimate of drug-likeness (QED) is 0.490. The van der Waals surface area contributed by atoms with E-state index in [9.17, 15) is 0 Å². The minimum Gasteiger partial charge on any atom is -0.384 e. The topological polar surface area (TPSA) is 49.9 Å². The molecule has 3 N–H and O–H groups in total. The largest absolute Gasteiger partial charge is 0.384 e. The number of rotatable bonds is 3. The second kappa shape index (κ2) is 4.42. The Morgan fingerprint density at radius 3 is 1.88 bits per heavy atom. The van der Waals surface area contributed by atoms with Gasteiger partial charge in [-0.1, -0.05) is 67.9 Å². The molecule has 4 heteroatoms. The summed E-state index contributed by atoms with van der Waals surface area (Å²) < 4.78 is 0. The van der Waals surface area contributed by atoms with Crippen molar-refractivity contribution in [2.75, 3.05) is 0 Å². The molecule has 0 amide bonds. The van der Waals surface area contributed by atoms with Gasteiger partial charge < -0.3 is 5.73 Å². The molecule has 1 rings (SSSR count). The molecule has 0 bridgehead atoms. The van der Waals surface area contributed by atoms with E-state index in [-0.39, 0.29) is 5.84 Å². The number of nitrogens with one attached hydrogen (secondary N) is 1. The summed E-state index contributed by atoms with van der Waals surface area (Å²) in [5.74, 6) is 0.211. The highest BCUT2D eigenvalue weighted by Crippen LogP contribution is 2.10. The van der Waals surface area contributed by atoms with Crippen LogP contribution in [0.2, 0.25) is 39.3 Å². The zero-order valence-electron chi connectivity index (χ0n) is 11.8. The van der Waals surface area contributed by atoms with Crippen molar-refractivity contribution >= 4 is 32.4 Å². The lowest BCUT2D eigenvalue weighted by molar-refractivity contribution is 1.43. The van der Waals surface area contributed by atoms with Gasteiger partial charge in [-0.15, -0.1) is 0 Å². The van der Waals surface area contributed by atoms with Gasteiger partial charge in [0.25, 0.3) is 0 Å². The molecule has 0 aliphatic rings. The molecule has 0 radical (unpaired) electrons. The van der Waals surface area contributed by atoms with Gasteiger partial charge in [0.15, 0.2) is 0 Å². The van der Waals surface area contributed by atoms with E-state index in [1.807, 2.05) is 12.1 Å². The number of nitrogens with two attached hydrogens (primary N) is 1. The van der Waals surface area contributed by atoms with Crippen molar-refractivity contribution in [1.29, 1.82) is 5.41 Å². The fourth-order valence-electron chi connectivity index (χ4n) is 2.21. The summed E-state index contributed by atoms with van der Waals surface area (Å²) in [6.45, 7) is 14.1. The van der Waals surface area contributed by atoms with Crippen LogP contribution in [0.4, 0.5) is 0 Å². The van der Waals surface area contributed by atoms with Gasteiger partial charge >= 0.3 is 0 Å². The fraction of sp³-hybridized carbons (Fsp3) is 0.462. The van der Waals surface area contributed by atoms with Crippen LogP contribution >= 0.6 is 0 Å². The summed E-state index contributed by atoms with van der Waals surface area (Å²) in [7, 11) is -2.86. The smallest absolute Gasteiger partial charge is 0.122 e. The summed E-state index contributed by atoms with van der Waals surface area (Å²) in [5.41, 5.74) is 6.71. The van der Waals surface area contributed by atoms with E-state index in [4.69, 9.17) is 11.1 Å². The molecule has 17 heavy (non-hydrogen) atoms. The van der Waals surface area contributed by atoms with Crippen LogP contribution in [0.3, 0.4) is 0 Å². The molecule has 1 aromatic carbocycles. The van der Waals surface area contributed by atoms with E-state index in [1.54, 1.807) is 0 Å². The molecule has 1 aromatic rings. The Kier molecular flexibility index (Phi) is 3.69. The van der Waals surface area contributed by atoms with Gasteiger partial charge in [0, 0.05) is 5.56 Å². The molecule has 0 aliphatic carbocycles. The molecule has 0 atom stereocenters. The summed E-state index contributed by atoms with van der Waals surface area (Å²) in [4.78, 5) is 0. The molecule has 0 saturated heterocycles. The van der Waals surface area contributed by atoms with Gasteiger partial charge in [-0.25, -0.2) is 0 Å². The van der Waals surface area contributed by atoms with Gasteiger partial charge in [-0.05, 0) is 0 Å². The molecule has 0 spiro atoms. The molecule has 0 aliphatic heterocycles. The lowest BCUT2D eigenvalue weighted by Crippen LogP contribution is -2.58. The van der Waals surface area contributed by atoms with Crippen LogP contribution < -0.4 is 16.1 Å². The van der Waals surface area contributed by atoms with Crippen LogP contribution in [0.5, 0.6) is 0 Å². The second-order valence-electron chi connectivity index (χ2n) is 6.64. The fourth-order valence-corrected chi connectivity index (χ4v) is 7.86. The van der Waals surface area contributed by atoms with Crippen molar-refractivity contribution in [1.82, 2.24) is 0 Å². The van der Waals surface area contributed by atoms with Crippen LogP contribution in [0, 0.1) is 5.41 Å². The highest BCUT2D eigenvalue weighted by molar-refractivity contribution is 6.99. The predicted molar refractivity (Wildman–Crippen MR) is 83.4 cm³/mol. The Labute approximate surface area is 107 Å². The number of hydrogen-bond donors (Lipinski definition) is 2. The van der Waals surface area contributed by atoms with Crippen molar-refractivity contribution in [3.05, 3.63) is 23.8 Å². The molecule has 0 aromatic heterocycles. The van der Waals surface area contributed by atoms with E-state index in [2.05, 4.69) is 45.3 Å². The number of benzene rings is 1. The Morgan fingerprint density at radius 2 is 1.53 bits per heavy atom. The third-order valence-corrected chi connectivity index (χ3v) is 7.23. The third kappa shape index (κ3) is 3.07. The van der Waals surface area contributed by atoms with Crippen LogP contribution in [0.25, 0.3) is 0 Å². The maximum Gasteiger partial charge on any atom is 0.122 e. The number of hydrogen-bond acceptors (Lipinski definition) is 1. The lowest BCUT2D eigenvalue weighted by Gasteiger charge is -2.30. The predicted octanol–water partition coefficient (Wildman–Crippen LogP) is 2.06. The van der Waals surface area contributed by atoms with E-state index in [1.165, 1.54) is 10.4 Å². The lowest BCUT2D eigenvalue weighted by atomic mass is 10.2. The van der Waals surface area contributed by atoms with Crippen molar-refractivity contribution in [3.63, 3.8) is 0 Å². The zero-order chi connectivity index (χ0) is 13.4. The molecule has 0 saturated carbocycles. The Morgan fingerprint density at radius 1 is 1.00 bits per heavy atom. The normalized spacial score (nSPS) is 12.6. The second-order valence-corrected chi connectivity index (χ2v) is 16.7. The molecule has 0 fully saturated rings. The maximum atomic E-state index is 7.77. The summed E-state index contributed by atoms with van der Waals surface area (Å²) >= 11 is 0. The summed E-state index contributed by atoms with van der Waals surface area (Å²) in [6.07, 6.45) is 0. The minimum atomic E-state index is -1.48. The van der Waals surface area contributed by atoms with Gasteiger partial charge in [-0.3, -0.25) is 5.41 Å². The molecular formula is C13H24N2Si2. The van der Waals surface area contributed by atoms with Crippen molar-refractivity contribution in [2.45, 2.75) is 39.3 Å². The van der Waals surface area contributed by atoms with Gasteiger partial charge in [0.1, 0.15) is 5.84 Å². The van der Waals surface area contributed by atoms with Gasteiger partial charge in [0.05, 0.1) is 16.1 Å². The standard InChI is InChI=1S/C13H24N2Si2/c1-16(2,3)11-9-7-8-10(13(14)15)12(11)17(4,5)6/h7-9H,1-6H3,(H3,14,15). The van der Waals surface area contributed by atoms with Crippen LogP contribution in [-0.2, 0) is 0 Å². The Balaban J connectivity index is 3.64. The average molecular weight is 265 g/mol. The summed E-state index contributed by atoms with van der Waals surface area (Å²) in [6, 6.07) is 6.29. The molecule has 0 heterocycles. The van der Waals surface area contributed by atoms with Crippen molar-refractivity contribution in [2.24, 2.45) is 5.73 Å². The molecular weight excluding hydrogens is 240 g/mol. The Hall–Kier alpha value is -0.876. The molecule has 94 valence electrons. The highest BCUT2D eigenvalue weighted by atomic mass is 28.3. The van der Waals surface area contributed by atoms with Crippen LogP contribution in [0.1, 0.15) is 5.56 Å². The highest BCUT2D eigenvalue weighted by Gasteiger charge is 2.30. The van der Waals surface area contributed by atoms with Crippen LogP contribution in [-0.4, -0.2) is 22.0 Å². The van der Waals surface area contributed by atoms with E-state index in [0.29, 0.717) is 0 Å². The van der Waals surface area contributed by atoms with Gasteiger partial charge in [-0.2, -0.15) is 0 Å². The van der Waals surface area contributed by atoms with E-state index < -0.39 is 16.1 Å². The first kappa shape index (κ1) is 14.2. The number of amidine groups is 1. The van der Waals surface area contributed by atoms with Crippen LogP contribution in [0.15, 0.2) is 18.2 Å². The maximum absolute atomic E-state index is 7.77. The minimum absolute atomic E-state index is 0.211. The van der Waals surface area contributed by atoms with Gasteiger partial charge in [0.2, 0.25) is 0 Å².